The van der Waals surface area contributed by atoms with Crippen LogP contribution in [0.1, 0.15) is 19.3 Å². The first kappa shape index (κ1) is 22.5. The van der Waals surface area contributed by atoms with Crippen molar-refractivity contribution in [2.75, 3.05) is 38.2 Å². The van der Waals surface area contributed by atoms with Gasteiger partial charge in [-0.3, -0.25) is 15.0 Å². The van der Waals surface area contributed by atoms with Crippen molar-refractivity contribution in [1.82, 2.24) is 25.4 Å². The van der Waals surface area contributed by atoms with Crippen LogP contribution in [0.2, 0.25) is 0 Å². The smallest absolute Gasteiger partial charge is 0.328 e. The Morgan fingerprint density at radius 3 is 2.97 bits per heavy atom. The number of anilines is 1. The fourth-order valence-corrected chi connectivity index (χ4v) is 4.42. The number of hydrogen-bond acceptors (Lipinski definition) is 8. The molecule has 3 atom stereocenters. The van der Waals surface area contributed by atoms with Crippen molar-refractivity contribution in [3.8, 4) is 5.75 Å². The number of allylic oxidation sites excluding steroid dienone is 1. The van der Waals surface area contributed by atoms with Gasteiger partial charge in [0.05, 0.1) is 18.3 Å². The van der Waals surface area contributed by atoms with Gasteiger partial charge >= 0.3 is 6.03 Å². The maximum atomic E-state index is 13.4. The number of nitrogens with zero attached hydrogens (tertiary/aromatic N) is 3. The normalized spacial score (nSPS) is 23.8. The van der Waals surface area contributed by atoms with Crippen molar-refractivity contribution in [2.24, 2.45) is 5.92 Å². The van der Waals surface area contributed by atoms with Crippen LogP contribution in [0.3, 0.4) is 0 Å². The monoisotopic (exact) mass is 470 g/mol. The summed E-state index contributed by atoms with van der Waals surface area (Å²) < 4.78 is 5.45. The van der Waals surface area contributed by atoms with Gasteiger partial charge in [-0.15, -0.1) is 0 Å². The fraction of sp³-hybridized carbons (Fsp3) is 0.522. The van der Waals surface area contributed by atoms with E-state index in [9.17, 15) is 14.7 Å². The zero-order valence-corrected chi connectivity index (χ0v) is 18.8. The van der Waals surface area contributed by atoms with Crippen molar-refractivity contribution in [3.63, 3.8) is 0 Å². The number of amides is 3. The van der Waals surface area contributed by atoms with Crippen molar-refractivity contribution >= 4 is 17.8 Å². The lowest BCUT2D eigenvalue weighted by molar-refractivity contribution is -0.122. The van der Waals surface area contributed by atoms with E-state index in [1.54, 1.807) is 17.0 Å². The number of dihydropyridines is 1. The van der Waals surface area contributed by atoms with Gasteiger partial charge in [-0.25, -0.2) is 9.78 Å². The minimum Gasteiger partial charge on any atom is -0.491 e. The van der Waals surface area contributed by atoms with Crippen molar-refractivity contribution in [1.29, 1.82) is 0 Å². The SMILES string of the molecule is O=C(NCC1CC1)C1C=CC2=C(N1)N(C(=O)Nc1cc(OC[C@H](O)CO)ccn1)[C@H]1CCN2C1. The minimum absolute atomic E-state index is 0.0212. The Morgan fingerprint density at radius 1 is 1.32 bits per heavy atom. The van der Waals surface area contributed by atoms with Crippen LogP contribution in [0, 0.1) is 5.92 Å². The number of aliphatic hydroxyl groups excluding tert-OH is 2. The molecule has 3 aliphatic heterocycles. The van der Waals surface area contributed by atoms with Crippen LogP contribution in [0.25, 0.3) is 0 Å². The largest absolute Gasteiger partial charge is 0.491 e. The lowest BCUT2D eigenvalue weighted by atomic mass is 10.1. The molecule has 1 saturated carbocycles. The molecule has 34 heavy (non-hydrogen) atoms. The van der Waals surface area contributed by atoms with Gasteiger partial charge in [0.2, 0.25) is 5.91 Å². The zero-order valence-electron chi connectivity index (χ0n) is 18.8. The van der Waals surface area contributed by atoms with Gasteiger partial charge in [0.25, 0.3) is 0 Å². The molecule has 0 radical (unpaired) electrons. The number of pyridine rings is 1. The van der Waals surface area contributed by atoms with Crippen LogP contribution in [0.15, 0.2) is 42.0 Å². The van der Waals surface area contributed by atoms with Gasteiger partial charge in [-0.2, -0.15) is 0 Å². The van der Waals surface area contributed by atoms with E-state index in [1.165, 1.54) is 6.20 Å². The van der Waals surface area contributed by atoms with E-state index in [0.717, 1.165) is 38.0 Å². The molecule has 3 amide bonds. The van der Waals surface area contributed by atoms with Gasteiger partial charge < -0.3 is 30.5 Å². The van der Waals surface area contributed by atoms with Crippen molar-refractivity contribution < 1.29 is 24.5 Å². The molecule has 1 aromatic rings. The molecule has 11 heteroatoms. The molecule has 11 nitrogen and oxygen atoms in total. The molecule has 4 aliphatic rings. The molecule has 4 heterocycles. The number of carbonyl (C=O) groups is 2. The van der Waals surface area contributed by atoms with E-state index in [1.807, 2.05) is 12.2 Å². The first-order chi connectivity index (χ1) is 16.5. The van der Waals surface area contributed by atoms with Crippen LogP contribution in [0.5, 0.6) is 5.75 Å². The number of hydrogen-bond donors (Lipinski definition) is 5. The average molecular weight is 471 g/mol. The highest BCUT2D eigenvalue weighted by atomic mass is 16.5. The van der Waals surface area contributed by atoms with E-state index in [0.29, 0.717) is 29.9 Å². The second-order valence-electron chi connectivity index (χ2n) is 9.12. The highest BCUT2D eigenvalue weighted by Crippen LogP contribution is 2.34. The maximum absolute atomic E-state index is 13.4. The minimum atomic E-state index is -0.991. The highest BCUT2D eigenvalue weighted by molar-refractivity contribution is 5.91. The predicted molar refractivity (Wildman–Crippen MR) is 122 cm³/mol. The van der Waals surface area contributed by atoms with E-state index >= 15 is 0 Å². The number of nitrogens with one attached hydrogen (secondary N) is 3. The average Bonchev–Trinajstić information content (AvgIpc) is 3.60. The standard InChI is InChI=1S/C23H30N6O5/c30-12-16(31)13-34-17-5-7-24-20(9-17)27-23(33)29-15-6-8-28(11-15)19-4-3-18(26-21(19)29)22(32)25-10-14-1-2-14/h3-5,7,9,14-16,18,26,30-31H,1-2,6,8,10-13H2,(H,25,32)(H,24,27,33)/t15-,16+,18?/m0/s1. The molecular formula is C23H30N6O5. The molecule has 182 valence electrons. The topological polar surface area (TPSA) is 139 Å². The van der Waals surface area contributed by atoms with Crippen LogP contribution in [-0.2, 0) is 4.79 Å². The molecule has 2 fully saturated rings. The number of aromatic nitrogens is 1. The van der Waals surface area contributed by atoms with Crippen LogP contribution in [-0.4, -0.2) is 88.0 Å². The molecule has 0 spiro atoms. The summed E-state index contributed by atoms with van der Waals surface area (Å²) in [5.41, 5.74) is 0.901. The van der Waals surface area contributed by atoms with Crippen molar-refractivity contribution in [2.45, 2.75) is 37.5 Å². The Hall–Kier alpha value is -3.31. The summed E-state index contributed by atoms with van der Waals surface area (Å²) in [6.45, 7) is 1.78. The number of carbonyl (C=O) groups excluding carboxylic acids is 2. The lowest BCUT2D eigenvalue weighted by Gasteiger charge is -2.40. The van der Waals surface area contributed by atoms with Gasteiger partial charge in [-0.05, 0) is 37.3 Å². The Bertz CT molecular complexity index is 1010. The summed E-state index contributed by atoms with van der Waals surface area (Å²) in [7, 11) is 0. The lowest BCUT2D eigenvalue weighted by Crippen LogP contribution is -2.56. The summed E-state index contributed by atoms with van der Waals surface area (Å²) in [5, 5.41) is 27.5. The third-order valence-corrected chi connectivity index (χ3v) is 6.47. The summed E-state index contributed by atoms with van der Waals surface area (Å²) in [4.78, 5) is 34.2. The van der Waals surface area contributed by atoms with Gasteiger partial charge in [-0.1, -0.05) is 6.08 Å². The third kappa shape index (κ3) is 4.80. The molecule has 1 saturated heterocycles. The first-order valence-electron chi connectivity index (χ1n) is 11.7. The van der Waals surface area contributed by atoms with Gasteiger partial charge in [0.1, 0.15) is 36.1 Å². The van der Waals surface area contributed by atoms with E-state index in [4.69, 9.17) is 9.84 Å². The fourth-order valence-electron chi connectivity index (χ4n) is 4.42. The van der Waals surface area contributed by atoms with E-state index < -0.39 is 18.8 Å². The summed E-state index contributed by atoms with van der Waals surface area (Å²) in [6, 6.07) is 2.25. The number of rotatable bonds is 8. The molecule has 0 aromatic carbocycles. The van der Waals surface area contributed by atoms with E-state index in [2.05, 4.69) is 25.8 Å². The quantitative estimate of drug-likeness (QED) is 0.357. The molecule has 2 bridgehead atoms. The predicted octanol–water partition coefficient (Wildman–Crippen LogP) is -0.0413. The molecule has 1 aliphatic carbocycles. The maximum Gasteiger partial charge on any atom is 0.328 e. The number of fused-ring (bicyclic) bond motifs is 3. The molecular weight excluding hydrogens is 440 g/mol. The molecule has 1 aromatic heterocycles. The molecule has 1 unspecified atom stereocenters. The first-order valence-corrected chi connectivity index (χ1v) is 11.7. The van der Waals surface area contributed by atoms with Crippen LogP contribution < -0.4 is 20.7 Å². The summed E-state index contributed by atoms with van der Waals surface area (Å²) >= 11 is 0. The van der Waals surface area contributed by atoms with Crippen molar-refractivity contribution in [3.05, 3.63) is 42.0 Å². The Balaban J connectivity index is 1.29. The van der Waals surface area contributed by atoms with Gasteiger partial charge in [0, 0.05) is 31.9 Å². The van der Waals surface area contributed by atoms with Crippen LogP contribution in [0.4, 0.5) is 10.6 Å². The number of ether oxygens (including phenoxy) is 1. The molecule has 5 rings (SSSR count). The highest BCUT2D eigenvalue weighted by Gasteiger charge is 2.42. The Morgan fingerprint density at radius 2 is 2.18 bits per heavy atom. The Labute approximate surface area is 197 Å². The second-order valence-corrected chi connectivity index (χ2v) is 9.12. The zero-order chi connectivity index (χ0) is 23.7. The van der Waals surface area contributed by atoms with Gasteiger partial charge in [0.15, 0.2) is 0 Å². The molecule has 5 N–H and O–H groups in total. The second kappa shape index (κ2) is 9.51. The number of aliphatic hydroxyl groups is 2. The number of urea groups is 1. The Kier molecular flexibility index (Phi) is 6.29. The van der Waals surface area contributed by atoms with E-state index in [-0.39, 0.29) is 24.6 Å². The van der Waals surface area contributed by atoms with Crippen LogP contribution >= 0.6 is 0 Å². The summed E-state index contributed by atoms with van der Waals surface area (Å²) in [6.07, 6.45) is 7.43. The summed E-state index contributed by atoms with van der Waals surface area (Å²) in [5.74, 6) is 1.82. The third-order valence-electron chi connectivity index (χ3n) is 6.47.